The fourth-order valence-electron chi connectivity index (χ4n) is 2.74. The first kappa shape index (κ1) is 15.7. The van der Waals surface area contributed by atoms with Crippen molar-refractivity contribution >= 4 is 52.2 Å². The number of nitrogens with zero attached hydrogens (tertiary/aromatic N) is 1. The lowest BCUT2D eigenvalue weighted by atomic mass is 10.1. The van der Waals surface area contributed by atoms with Crippen LogP contribution in [-0.4, -0.2) is 16.9 Å². The van der Waals surface area contributed by atoms with E-state index in [2.05, 4.69) is 10.3 Å². The summed E-state index contributed by atoms with van der Waals surface area (Å²) in [6.45, 7) is 0.926. The minimum absolute atomic E-state index is 0. The Morgan fingerprint density at radius 2 is 2.10 bits per heavy atom. The SMILES string of the molecule is Cl.Clc1ccc2c(NCC3CCCC3Cl)ccnc2c1. The predicted octanol–water partition coefficient (Wildman–Crippen LogP) is 5.13. The molecule has 1 fully saturated rings. The van der Waals surface area contributed by atoms with Crippen molar-refractivity contribution in [3.05, 3.63) is 35.5 Å². The fourth-order valence-corrected chi connectivity index (χ4v) is 3.27. The zero-order chi connectivity index (χ0) is 13.2. The number of hydrogen-bond donors (Lipinski definition) is 1. The van der Waals surface area contributed by atoms with Gasteiger partial charge in [-0.1, -0.05) is 18.0 Å². The number of fused-ring (bicyclic) bond motifs is 1. The monoisotopic (exact) mass is 330 g/mol. The lowest BCUT2D eigenvalue weighted by molar-refractivity contribution is 0.586. The molecule has 0 spiro atoms. The number of rotatable bonds is 3. The van der Waals surface area contributed by atoms with Gasteiger partial charge in [0.15, 0.2) is 0 Å². The molecule has 0 amide bonds. The van der Waals surface area contributed by atoms with Gasteiger partial charge in [-0.05, 0) is 43.0 Å². The second-order valence-corrected chi connectivity index (χ2v) is 6.10. The van der Waals surface area contributed by atoms with Crippen LogP contribution < -0.4 is 5.32 Å². The Balaban J connectivity index is 0.00000147. The zero-order valence-electron chi connectivity index (χ0n) is 11.0. The number of nitrogens with one attached hydrogen (secondary N) is 1. The molecular formula is C15H17Cl3N2. The molecule has 1 aromatic carbocycles. The summed E-state index contributed by atoms with van der Waals surface area (Å²) in [5.41, 5.74) is 2.03. The highest BCUT2D eigenvalue weighted by Crippen LogP contribution is 2.31. The van der Waals surface area contributed by atoms with Crippen molar-refractivity contribution in [3.63, 3.8) is 0 Å². The van der Waals surface area contributed by atoms with E-state index in [1.165, 1.54) is 12.8 Å². The summed E-state index contributed by atoms with van der Waals surface area (Å²) in [5, 5.41) is 5.65. The molecule has 1 aliphatic rings. The van der Waals surface area contributed by atoms with Crippen LogP contribution in [0.25, 0.3) is 10.9 Å². The first-order valence-electron chi connectivity index (χ1n) is 6.66. The summed E-state index contributed by atoms with van der Waals surface area (Å²) < 4.78 is 0. The highest BCUT2D eigenvalue weighted by molar-refractivity contribution is 6.31. The molecule has 0 aliphatic heterocycles. The maximum absolute atomic E-state index is 6.31. The van der Waals surface area contributed by atoms with E-state index in [4.69, 9.17) is 23.2 Å². The highest BCUT2D eigenvalue weighted by Gasteiger charge is 2.24. The first-order chi connectivity index (χ1) is 9.24. The van der Waals surface area contributed by atoms with E-state index in [0.29, 0.717) is 16.3 Å². The van der Waals surface area contributed by atoms with E-state index in [1.54, 1.807) is 0 Å². The summed E-state index contributed by atoms with van der Waals surface area (Å²) in [6, 6.07) is 7.81. The van der Waals surface area contributed by atoms with Gasteiger partial charge in [0.05, 0.1) is 5.52 Å². The van der Waals surface area contributed by atoms with Gasteiger partial charge >= 0.3 is 0 Å². The van der Waals surface area contributed by atoms with Crippen LogP contribution in [0.3, 0.4) is 0 Å². The highest BCUT2D eigenvalue weighted by atomic mass is 35.5. The van der Waals surface area contributed by atoms with Gasteiger partial charge < -0.3 is 5.32 Å². The Labute approximate surface area is 135 Å². The third-order valence-electron chi connectivity index (χ3n) is 3.83. The maximum Gasteiger partial charge on any atom is 0.0737 e. The van der Waals surface area contributed by atoms with E-state index < -0.39 is 0 Å². The van der Waals surface area contributed by atoms with Gasteiger partial charge in [0.1, 0.15) is 0 Å². The summed E-state index contributed by atoms with van der Waals surface area (Å²) >= 11 is 12.3. The normalized spacial score (nSPS) is 21.7. The van der Waals surface area contributed by atoms with Crippen molar-refractivity contribution in [2.75, 3.05) is 11.9 Å². The van der Waals surface area contributed by atoms with Gasteiger partial charge in [-0.15, -0.1) is 24.0 Å². The van der Waals surface area contributed by atoms with Crippen molar-refractivity contribution < 1.29 is 0 Å². The molecule has 20 heavy (non-hydrogen) atoms. The second-order valence-electron chi connectivity index (χ2n) is 5.11. The molecule has 0 bridgehead atoms. The van der Waals surface area contributed by atoms with Gasteiger partial charge in [-0.2, -0.15) is 0 Å². The molecule has 3 rings (SSSR count). The molecule has 0 saturated heterocycles. The number of halogens is 3. The van der Waals surface area contributed by atoms with Crippen molar-refractivity contribution in [2.24, 2.45) is 5.92 Å². The third-order valence-corrected chi connectivity index (χ3v) is 4.64. The van der Waals surface area contributed by atoms with Crippen LogP contribution in [0.5, 0.6) is 0 Å². The molecule has 2 unspecified atom stereocenters. The number of alkyl halides is 1. The molecule has 1 saturated carbocycles. The molecule has 1 aliphatic carbocycles. The van der Waals surface area contributed by atoms with Gasteiger partial charge in [-0.25, -0.2) is 0 Å². The molecule has 1 heterocycles. The average Bonchev–Trinajstić information content (AvgIpc) is 2.81. The Morgan fingerprint density at radius 3 is 2.85 bits per heavy atom. The van der Waals surface area contributed by atoms with Gasteiger partial charge in [-0.3, -0.25) is 4.98 Å². The topological polar surface area (TPSA) is 24.9 Å². The summed E-state index contributed by atoms with van der Waals surface area (Å²) in [6.07, 6.45) is 5.41. The Hall–Kier alpha value is -0.700. The smallest absolute Gasteiger partial charge is 0.0737 e. The molecule has 1 N–H and O–H groups in total. The van der Waals surface area contributed by atoms with Crippen molar-refractivity contribution in [2.45, 2.75) is 24.6 Å². The van der Waals surface area contributed by atoms with E-state index in [1.807, 2.05) is 30.5 Å². The van der Waals surface area contributed by atoms with Crippen LogP contribution in [0.1, 0.15) is 19.3 Å². The van der Waals surface area contributed by atoms with Crippen LogP contribution in [-0.2, 0) is 0 Å². The summed E-state index contributed by atoms with van der Waals surface area (Å²) in [4.78, 5) is 4.35. The van der Waals surface area contributed by atoms with Crippen LogP contribution >= 0.6 is 35.6 Å². The van der Waals surface area contributed by atoms with Crippen LogP contribution in [0, 0.1) is 5.92 Å². The number of benzene rings is 1. The largest absolute Gasteiger partial charge is 0.384 e. The summed E-state index contributed by atoms with van der Waals surface area (Å²) in [5.74, 6) is 0.567. The third kappa shape index (κ3) is 3.30. The van der Waals surface area contributed by atoms with E-state index in [0.717, 1.165) is 29.6 Å². The van der Waals surface area contributed by atoms with Crippen LogP contribution in [0.4, 0.5) is 5.69 Å². The number of hydrogen-bond acceptors (Lipinski definition) is 2. The summed E-state index contributed by atoms with van der Waals surface area (Å²) in [7, 11) is 0. The maximum atomic E-state index is 6.31. The molecule has 2 aromatic rings. The minimum atomic E-state index is 0. The molecule has 2 atom stereocenters. The van der Waals surface area contributed by atoms with E-state index >= 15 is 0 Å². The molecule has 2 nitrogen and oxygen atoms in total. The van der Waals surface area contributed by atoms with Crippen LogP contribution in [0.15, 0.2) is 30.5 Å². The molecule has 0 radical (unpaired) electrons. The minimum Gasteiger partial charge on any atom is -0.384 e. The Bertz CT molecular complexity index is 588. The van der Waals surface area contributed by atoms with Crippen molar-refractivity contribution in [3.8, 4) is 0 Å². The predicted molar refractivity (Wildman–Crippen MR) is 89.5 cm³/mol. The Kier molecular flexibility index (Phi) is 5.36. The quantitative estimate of drug-likeness (QED) is 0.789. The van der Waals surface area contributed by atoms with Crippen LogP contribution in [0.2, 0.25) is 5.02 Å². The van der Waals surface area contributed by atoms with Crippen molar-refractivity contribution in [1.29, 1.82) is 0 Å². The second kappa shape index (κ2) is 6.84. The zero-order valence-corrected chi connectivity index (χ0v) is 13.3. The van der Waals surface area contributed by atoms with Gasteiger partial charge in [0, 0.05) is 34.2 Å². The fraction of sp³-hybridized carbons (Fsp3) is 0.400. The average molecular weight is 332 g/mol. The lowest BCUT2D eigenvalue weighted by Crippen LogP contribution is -2.18. The van der Waals surface area contributed by atoms with E-state index in [9.17, 15) is 0 Å². The van der Waals surface area contributed by atoms with E-state index in [-0.39, 0.29) is 12.4 Å². The first-order valence-corrected chi connectivity index (χ1v) is 7.48. The number of aromatic nitrogens is 1. The lowest BCUT2D eigenvalue weighted by Gasteiger charge is -2.16. The number of anilines is 1. The molecule has 1 aromatic heterocycles. The number of pyridine rings is 1. The molecule has 5 heteroatoms. The Morgan fingerprint density at radius 1 is 1.25 bits per heavy atom. The standard InChI is InChI=1S/C15H16Cl2N2.ClH/c16-11-4-5-12-14(6-7-18-15(12)8-11)19-9-10-2-1-3-13(10)17;/h4-8,10,13H,1-3,9H2,(H,18,19);1H. The van der Waals surface area contributed by atoms with Crippen molar-refractivity contribution in [1.82, 2.24) is 4.98 Å². The van der Waals surface area contributed by atoms with Gasteiger partial charge in [0.2, 0.25) is 0 Å². The van der Waals surface area contributed by atoms with Gasteiger partial charge in [0.25, 0.3) is 0 Å². The molecule has 108 valence electrons. The molecular weight excluding hydrogens is 315 g/mol.